The van der Waals surface area contributed by atoms with E-state index in [4.69, 9.17) is 20.6 Å². The molecule has 0 fully saturated rings. The van der Waals surface area contributed by atoms with Gasteiger partial charge in [0, 0.05) is 19.0 Å². The number of benzene rings is 2. The molecule has 4 aromatic rings. The number of fused-ring (bicyclic) bond motifs is 3. The molecule has 2 aromatic carbocycles. The zero-order chi connectivity index (χ0) is 24.5. The van der Waals surface area contributed by atoms with Crippen LogP contribution in [0.4, 0.5) is 8.78 Å². The molecule has 0 radical (unpaired) electrons. The topological polar surface area (TPSA) is 66.2 Å². The fraction of sp³-hybridized carbons (Fsp3) is 0.333. The number of hydrogen-bond acceptors (Lipinski definition) is 5. The second-order valence-corrected chi connectivity index (χ2v) is 10.2. The number of aromatic nitrogens is 3. The monoisotopic (exact) mass is 507 g/mol. The van der Waals surface area contributed by atoms with E-state index in [9.17, 15) is 13.3 Å². The SMILES string of the molecule is CCOP(=O)(Cc1ccc(Cn2c3cc(F)cc(F)c3c3nc(CC)nc(Cl)c32)cc1)OCC. The minimum absolute atomic E-state index is 0.153. The summed E-state index contributed by atoms with van der Waals surface area (Å²) in [4.78, 5) is 8.80. The average molecular weight is 508 g/mol. The van der Waals surface area contributed by atoms with Crippen LogP contribution in [0.1, 0.15) is 37.7 Å². The molecule has 10 heteroatoms. The summed E-state index contributed by atoms with van der Waals surface area (Å²) < 4.78 is 54.3. The molecule has 180 valence electrons. The number of halogens is 3. The van der Waals surface area contributed by atoms with Crippen LogP contribution in [0, 0.1) is 11.6 Å². The molecule has 2 heterocycles. The molecular weight excluding hydrogens is 483 g/mol. The van der Waals surface area contributed by atoms with Gasteiger partial charge in [-0.25, -0.2) is 18.7 Å². The van der Waals surface area contributed by atoms with Gasteiger partial charge in [0.05, 0.1) is 30.3 Å². The molecule has 0 aliphatic rings. The van der Waals surface area contributed by atoms with Crippen LogP contribution in [0.25, 0.3) is 21.9 Å². The predicted molar refractivity (Wildman–Crippen MR) is 129 cm³/mol. The van der Waals surface area contributed by atoms with E-state index in [0.29, 0.717) is 42.0 Å². The van der Waals surface area contributed by atoms with Gasteiger partial charge in [-0.05, 0) is 31.0 Å². The van der Waals surface area contributed by atoms with Gasteiger partial charge in [-0.15, -0.1) is 0 Å². The van der Waals surface area contributed by atoms with Gasteiger partial charge >= 0.3 is 7.60 Å². The van der Waals surface area contributed by atoms with Crippen molar-refractivity contribution in [2.24, 2.45) is 0 Å². The molecule has 6 nitrogen and oxygen atoms in total. The second kappa shape index (κ2) is 10.1. The third-order valence-electron chi connectivity index (χ3n) is 5.43. The first kappa shape index (κ1) is 24.7. The van der Waals surface area contributed by atoms with Crippen LogP contribution in [0.15, 0.2) is 36.4 Å². The van der Waals surface area contributed by atoms with Gasteiger partial charge < -0.3 is 13.6 Å². The Morgan fingerprint density at radius 2 is 1.65 bits per heavy atom. The van der Waals surface area contributed by atoms with E-state index < -0.39 is 19.2 Å². The predicted octanol–water partition coefficient (Wildman–Crippen LogP) is 6.89. The van der Waals surface area contributed by atoms with Crippen molar-refractivity contribution in [2.45, 2.75) is 39.9 Å². The van der Waals surface area contributed by atoms with Crippen molar-refractivity contribution in [3.63, 3.8) is 0 Å². The number of rotatable bonds is 9. The van der Waals surface area contributed by atoms with Gasteiger partial charge in [0.1, 0.15) is 28.5 Å². The lowest BCUT2D eigenvalue weighted by Crippen LogP contribution is -2.03. The summed E-state index contributed by atoms with van der Waals surface area (Å²) in [7, 11) is -3.23. The second-order valence-electron chi connectivity index (χ2n) is 7.77. The lowest BCUT2D eigenvalue weighted by Gasteiger charge is -2.17. The minimum Gasteiger partial charge on any atom is -0.332 e. The van der Waals surface area contributed by atoms with Crippen LogP contribution in [0.2, 0.25) is 5.15 Å². The van der Waals surface area contributed by atoms with Gasteiger partial charge in [0.15, 0.2) is 5.15 Å². The molecule has 0 saturated carbocycles. The van der Waals surface area contributed by atoms with Crippen molar-refractivity contribution in [1.82, 2.24) is 14.5 Å². The van der Waals surface area contributed by atoms with Gasteiger partial charge in [-0.1, -0.05) is 42.8 Å². The lowest BCUT2D eigenvalue weighted by molar-refractivity contribution is 0.219. The largest absolute Gasteiger partial charge is 0.335 e. The quantitative estimate of drug-likeness (QED) is 0.182. The molecular formula is C24H25ClF2N3O3P. The summed E-state index contributed by atoms with van der Waals surface area (Å²) in [5.41, 5.74) is 2.79. The highest BCUT2D eigenvalue weighted by atomic mass is 35.5. The van der Waals surface area contributed by atoms with Crippen molar-refractivity contribution < 1.29 is 22.4 Å². The molecule has 0 spiro atoms. The Labute approximate surface area is 201 Å². The molecule has 0 aliphatic carbocycles. The van der Waals surface area contributed by atoms with Gasteiger partial charge in [0.2, 0.25) is 0 Å². The number of aryl methyl sites for hydroxylation is 1. The summed E-state index contributed by atoms with van der Waals surface area (Å²) >= 11 is 6.49. The first-order valence-electron chi connectivity index (χ1n) is 11.1. The Kier molecular flexibility index (Phi) is 7.33. The van der Waals surface area contributed by atoms with Crippen LogP contribution in [-0.2, 0) is 32.7 Å². The van der Waals surface area contributed by atoms with E-state index in [1.165, 1.54) is 6.07 Å². The van der Waals surface area contributed by atoms with Crippen LogP contribution >= 0.6 is 19.2 Å². The zero-order valence-corrected chi connectivity index (χ0v) is 20.8. The Bertz CT molecular complexity index is 1380. The summed E-state index contributed by atoms with van der Waals surface area (Å²) in [5.74, 6) is -0.905. The number of hydrogen-bond donors (Lipinski definition) is 0. The fourth-order valence-electron chi connectivity index (χ4n) is 4.01. The number of nitrogens with zero attached hydrogens (tertiary/aromatic N) is 3. The Balaban J connectivity index is 1.75. The zero-order valence-electron chi connectivity index (χ0n) is 19.1. The summed E-state index contributed by atoms with van der Waals surface area (Å²) in [5, 5.41) is 0.394. The average Bonchev–Trinajstić information content (AvgIpc) is 3.09. The van der Waals surface area contributed by atoms with E-state index in [1.807, 2.05) is 31.2 Å². The molecule has 0 amide bonds. The molecule has 0 aliphatic heterocycles. The third-order valence-corrected chi connectivity index (χ3v) is 7.75. The molecule has 4 rings (SSSR count). The Morgan fingerprint density at radius 3 is 2.26 bits per heavy atom. The Morgan fingerprint density at radius 1 is 1.00 bits per heavy atom. The lowest BCUT2D eigenvalue weighted by atomic mass is 10.1. The van der Waals surface area contributed by atoms with Crippen molar-refractivity contribution in [3.05, 3.63) is 70.1 Å². The third kappa shape index (κ3) is 4.86. The standard InChI is InChI=1S/C24H25ClF2N3O3P/c1-4-20-28-22-21-18(27)11-17(26)12-19(21)30(23(22)24(25)29-20)13-15-7-9-16(10-8-15)14-34(31,32-5-2)33-6-3/h7-12H,4-6,13-14H2,1-3H3. The first-order valence-corrected chi connectivity index (χ1v) is 13.2. The molecule has 0 N–H and O–H groups in total. The molecule has 0 bridgehead atoms. The van der Waals surface area contributed by atoms with Crippen LogP contribution in [-0.4, -0.2) is 27.7 Å². The molecule has 0 saturated heterocycles. The molecule has 2 aromatic heterocycles. The maximum absolute atomic E-state index is 14.8. The highest BCUT2D eigenvalue weighted by Crippen LogP contribution is 2.51. The van der Waals surface area contributed by atoms with Crippen LogP contribution in [0.5, 0.6) is 0 Å². The molecule has 0 atom stereocenters. The molecule has 0 unspecified atom stereocenters. The maximum atomic E-state index is 14.8. The maximum Gasteiger partial charge on any atom is 0.335 e. The first-order chi connectivity index (χ1) is 16.3. The summed E-state index contributed by atoms with van der Waals surface area (Å²) in [6.07, 6.45) is 0.681. The van der Waals surface area contributed by atoms with E-state index in [0.717, 1.165) is 17.2 Å². The normalized spacial score (nSPS) is 12.2. The van der Waals surface area contributed by atoms with E-state index in [-0.39, 0.29) is 23.2 Å². The van der Waals surface area contributed by atoms with Crippen molar-refractivity contribution in [2.75, 3.05) is 13.2 Å². The smallest absolute Gasteiger partial charge is 0.332 e. The fourth-order valence-corrected chi connectivity index (χ4v) is 6.00. The van der Waals surface area contributed by atoms with E-state index >= 15 is 0 Å². The van der Waals surface area contributed by atoms with Gasteiger partial charge in [-0.2, -0.15) is 0 Å². The van der Waals surface area contributed by atoms with Crippen molar-refractivity contribution >= 4 is 41.1 Å². The summed E-state index contributed by atoms with van der Waals surface area (Å²) in [6.45, 7) is 6.28. The van der Waals surface area contributed by atoms with E-state index in [2.05, 4.69) is 9.97 Å². The Hall–Kier alpha value is -2.38. The van der Waals surface area contributed by atoms with Crippen LogP contribution in [0.3, 0.4) is 0 Å². The highest BCUT2D eigenvalue weighted by Gasteiger charge is 2.24. The highest BCUT2D eigenvalue weighted by molar-refractivity contribution is 7.53. The van der Waals surface area contributed by atoms with Gasteiger partial charge in [-0.3, -0.25) is 4.57 Å². The molecule has 34 heavy (non-hydrogen) atoms. The van der Waals surface area contributed by atoms with Crippen molar-refractivity contribution in [3.8, 4) is 0 Å². The summed E-state index contributed by atoms with van der Waals surface area (Å²) in [6, 6.07) is 9.51. The minimum atomic E-state index is -3.23. The van der Waals surface area contributed by atoms with Gasteiger partial charge in [0.25, 0.3) is 0 Å². The van der Waals surface area contributed by atoms with Crippen molar-refractivity contribution in [1.29, 1.82) is 0 Å². The van der Waals surface area contributed by atoms with Crippen LogP contribution < -0.4 is 0 Å². The van der Waals surface area contributed by atoms with E-state index in [1.54, 1.807) is 18.4 Å².